The average molecular weight is 235 g/mol. The van der Waals surface area contributed by atoms with Gasteiger partial charge >= 0.3 is 0 Å². The smallest absolute Gasteiger partial charge is 0.270 e. The van der Waals surface area contributed by atoms with Gasteiger partial charge in [0.15, 0.2) is 0 Å². The Kier molecular flexibility index (Phi) is 3.06. The minimum atomic E-state index is -0.397. The Bertz CT molecular complexity index is 562. The maximum absolute atomic E-state index is 10.7. The van der Waals surface area contributed by atoms with Crippen LogP contribution in [-0.4, -0.2) is 28.4 Å². The van der Waals surface area contributed by atoms with E-state index in [-0.39, 0.29) is 5.69 Å². The van der Waals surface area contributed by atoms with Crippen LogP contribution in [0, 0.1) is 17.0 Å². The molecule has 0 N–H and O–H groups in total. The zero-order chi connectivity index (χ0) is 12.4. The van der Waals surface area contributed by atoms with E-state index >= 15 is 0 Å². The molecule has 0 unspecified atom stereocenters. The fourth-order valence-electron chi connectivity index (χ4n) is 1.79. The first-order valence-electron chi connectivity index (χ1n) is 5.24. The predicted octanol–water partition coefficient (Wildman–Crippen LogP) is 1.90. The second kappa shape index (κ2) is 4.50. The minimum Gasteiger partial charge on any atom is -0.383 e. The van der Waals surface area contributed by atoms with Crippen molar-refractivity contribution in [2.45, 2.75) is 13.5 Å². The van der Waals surface area contributed by atoms with Crippen LogP contribution in [0.2, 0.25) is 0 Å². The van der Waals surface area contributed by atoms with Crippen LogP contribution in [0.15, 0.2) is 18.2 Å². The summed E-state index contributed by atoms with van der Waals surface area (Å²) in [6.45, 7) is 3.04. The van der Waals surface area contributed by atoms with Crippen LogP contribution in [0.5, 0.6) is 0 Å². The lowest BCUT2D eigenvalue weighted by Crippen LogP contribution is -2.05. The number of benzene rings is 1. The molecule has 0 amide bonds. The molecule has 0 saturated heterocycles. The number of nitro groups is 1. The van der Waals surface area contributed by atoms with Crippen molar-refractivity contribution in [1.29, 1.82) is 0 Å². The van der Waals surface area contributed by atoms with Crippen molar-refractivity contribution in [3.63, 3.8) is 0 Å². The van der Waals surface area contributed by atoms with Gasteiger partial charge in [0.2, 0.25) is 0 Å². The fraction of sp³-hybridized carbons (Fsp3) is 0.364. The maximum atomic E-state index is 10.7. The van der Waals surface area contributed by atoms with Gasteiger partial charge in [0.05, 0.1) is 29.3 Å². The Hall–Kier alpha value is -1.95. The molecule has 6 nitrogen and oxygen atoms in total. The molecule has 1 aromatic heterocycles. The van der Waals surface area contributed by atoms with Gasteiger partial charge in [0.1, 0.15) is 0 Å². The largest absolute Gasteiger partial charge is 0.383 e. The lowest BCUT2D eigenvalue weighted by Gasteiger charge is -2.01. The highest BCUT2D eigenvalue weighted by molar-refractivity contribution is 5.84. The molecule has 2 aromatic rings. The Morgan fingerprint density at radius 2 is 2.29 bits per heavy atom. The van der Waals surface area contributed by atoms with E-state index in [0.29, 0.717) is 13.2 Å². The van der Waals surface area contributed by atoms with Crippen molar-refractivity contribution in [3.05, 3.63) is 34.0 Å². The zero-order valence-corrected chi connectivity index (χ0v) is 9.71. The van der Waals surface area contributed by atoms with Crippen LogP contribution in [0.4, 0.5) is 5.69 Å². The van der Waals surface area contributed by atoms with Gasteiger partial charge in [-0.3, -0.25) is 14.8 Å². The summed E-state index contributed by atoms with van der Waals surface area (Å²) >= 11 is 0. The highest BCUT2D eigenvalue weighted by Gasteiger charge is 2.12. The summed E-state index contributed by atoms with van der Waals surface area (Å²) in [5.74, 6) is 0. The molecule has 17 heavy (non-hydrogen) atoms. The lowest BCUT2D eigenvalue weighted by atomic mass is 10.2. The third-order valence-corrected chi connectivity index (χ3v) is 2.64. The molecule has 0 atom stereocenters. The topological polar surface area (TPSA) is 70.2 Å². The van der Waals surface area contributed by atoms with Crippen LogP contribution in [0.1, 0.15) is 5.69 Å². The van der Waals surface area contributed by atoms with Gasteiger partial charge in [0.25, 0.3) is 5.69 Å². The summed E-state index contributed by atoms with van der Waals surface area (Å²) in [4.78, 5) is 10.3. The molecule has 0 aliphatic rings. The number of nitrogens with zero attached hydrogens (tertiary/aromatic N) is 3. The predicted molar refractivity (Wildman–Crippen MR) is 63.0 cm³/mol. The SMILES string of the molecule is COCCn1nc(C)c2cc([N+](=O)[O-])ccc21. The highest BCUT2D eigenvalue weighted by atomic mass is 16.6. The second-order valence-corrected chi connectivity index (χ2v) is 3.76. The quantitative estimate of drug-likeness (QED) is 0.599. The van der Waals surface area contributed by atoms with E-state index in [1.54, 1.807) is 23.9 Å². The molecule has 0 aliphatic carbocycles. The first-order chi connectivity index (χ1) is 8.13. The number of aryl methyl sites for hydroxylation is 1. The Morgan fingerprint density at radius 3 is 2.94 bits per heavy atom. The van der Waals surface area contributed by atoms with Crippen LogP contribution < -0.4 is 0 Å². The normalized spacial score (nSPS) is 10.9. The Balaban J connectivity index is 2.49. The molecule has 90 valence electrons. The van der Waals surface area contributed by atoms with Gasteiger partial charge in [-0.1, -0.05) is 0 Å². The molecule has 6 heteroatoms. The Labute approximate surface area is 97.9 Å². The van der Waals surface area contributed by atoms with Crippen molar-refractivity contribution < 1.29 is 9.66 Å². The van der Waals surface area contributed by atoms with Crippen LogP contribution in [0.3, 0.4) is 0 Å². The van der Waals surface area contributed by atoms with Gasteiger partial charge in [0, 0.05) is 24.6 Å². The molecule has 0 fully saturated rings. The van der Waals surface area contributed by atoms with Gasteiger partial charge in [-0.05, 0) is 13.0 Å². The number of nitro benzene ring substituents is 1. The van der Waals surface area contributed by atoms with E-state index in [4.69, 9.17) is 4.74 Å². The summed E-state index contributed by atoms with van der Waals surface area (Å²) in [5.41, 5.74) is 1.77. The number of fused-ring (bicyclic) bond motifs is 1. The standard InChI is InChI=1S/C11H13N3O3/c1-8-10-7-9(14(15)16)3-4-11(10)13(12-8)5-6-17-2/h3-4,7H,5-6H2,1-2H3. The average Bonchev–Trinajstić information content (AvgIpc) is 2.63. The van der Waals surface area contributed by atoms with E-state index in [1.165, 1.54) is 6.07 Å². The third kappa shape index (κ3) is 2.12. The lowest BCUT2D eigenvalue weighted by molar-refractivity contribution is -0.384. The summed E-state index contributed by atoms with van der Waals surface area (Å²) in [6.07, 6.45) is 0. The van der Waals surface area contributed by atoms with Crippen molar-refractivity contribution in [3.8, 4) is 0 Å². The van der Waals surface area contributed by atoms with Crippen molar-refractivity contribution >= 4 is 16.6 Å². The molecule has 0 radical (unpaired) electrons. The van der Waals surface area contributed by atoms with Gasteiger partial charge in [-0.15, -0.1) is 0 Å². The molecular formula is C11H13N3O3. The van der Waals surface area contributed by atoms with Gasteiger partial charge in [-0.2, -0.15) is 5.10 Å². The maximum Gasteiger partial charge on any atom is 0.270 e. The monoisotopic (exact) mass is 235 g/mol. The number of ether oxygens (including phenoxy) is 1. The highest BCUT2D eigenvalue weighted by Crippen LogP contribution is 2.23. The molecule has 1 heterocycles. The number of aromatic nitrogens is 2. The van der Waals surface area contributed by atoms with Gasteiger partial charge < -0.3 is 4.74 Å². The zero-order valence-electron chi connectivity index (χ0n) is 9.71. The van der Waals surface area contributed by atoms with Gasteiger partial charge in [-0.25, -0.2) is 0 Å². The Morgan fingerprint density at radius 1 is 1.53 bits per heavy atom. The van der Waals surface area contributed by atoms with E-state index in [9.17, 15) is 10.1 Å². The molecule has 1 aromatic carbocycles. The number of methoxy groups -OCH3 is 1. The fourth-order valence-corrected chi connectivity index (χ4v) is 1.79. The van der Waals surface area contributed by atoms with Crippen molar-refractivity contribution in [2.75, 3.05) is 13.7 Å². The van der Waals surface area contributed by atoms with Crippen LogP contribution >= 0.6 is 0 Å². The van der Waals surface area contributed by atoms with E-state index in [2.05, 4.69) is 5.10 Å². The molecular weight excluding hydrogens is 222 g/mol. The summed E-state index contributed by atoms with van der Waals surface area (Å²) in [5, 5.41) is 15.8. The van der Waals surface area contributed by atoms with Crippen molar-refractivity contribution in [2.24, 2.45) is 0 Å². The van der Waals surface area contributed by atoms with E-state index < -0.39 is 4.92 Å². The first-order valence-corrected chi connectivity index (χ1v) is 5.24. The number of hydrogen-bond donors (Lipinski definition) is 0. The summed E-state index contributed by atoms with van der Waals surface area (Å²) in [7, 11) is 1.63. The molecule has 0 aliphatic heterocycles. The van der Waals surface area contributed by atoms with E-state index in [0.717, 1.165) is 16.6 Å². The molecule has 0 saturated carbocycles. The second-order valence-electron chi connectivity index (χ2n) is 3.76. The number of rotatable bonds is 4. The first kappa shape index (κ1) is 11.5. The van der Waals surface area contributed by atoms with E-state index in [1.807, 2.05) is 6.92 Å². The molecule has 0 spiro atoms. The van der Waals surface area contributed by atoms with Crippen LogP contribution in [-0.2, 0) is 11.3 Å². The minimum absolute atomic E-state index is 0.0897. The molecule has 0 bridgehead atoms. The summed E-state index contributed by atoms with van der Waals surface area (Å²) in [6, 6.07) is 4.77. The third-order valence-electron chi connectivity index (χ3n) is 2.64. The van der Waals surface area contributed by atoms with Crippen molar-refractivity contribution in [1.82, 2.24) is 9.78 Å². The molecule has 2 rings (SSSR count). The number of hydrogen-bond acceptors (Lipinski definition) is 4. The number of non-ortho nitro benzene ring substituents is 1. The summed E-state index contributed by atoms with van der Waals surface area (Å²) < 4.78 is 6.80. The van der Waals surface area contributed by atoms with Crippen LogP contribution in [0.25, 0.3) is 10.9 Å².